The van der Waals surface area contributed by atoms with Crippen LogP contribution in [0.1, 0.15) is 6.92 Å². The van der Waals surface area contributed by atoms with Gasteiger partial charge in [-0.2, -0.15) is 0 Å². The Morgan fingerprint density at radius 2 is 2.33 bits per heavy atom. The zero-order valence-corrected chi connectivity index (χ0v) is 8.14. The summed E-state index contributed by atoms with van der Waals surface area (Å²) in [6.45, 7) is 4.09. The number of halogens is 1. The van der Waals surface area contributed by atoms with Crippen LogP contribution in [-0.2, 0) is 4.74 Å². The molecule has 0 radical (unpaired) electrons. The van der Waals surface area contributed by atoms with E-state index in [1.165, 1.54) is 0 Å². The molecule has 0 amide bonds. The highest BCUT2D eigenvalue weighted by Gasteiger charge is 1.95. The van der Waals surface area contributed by atoms with Gasteiger partial charge < -0.3 is 10.1 Å². The quantitative estimate of drug-likeness (QED) is 0.442. The largest absolute Gasteiger partial charge is 0.380 e. The van der Waals surface area contributed by atoms with Crippen molar-refractivity contribution in [3.8, 4) is 0 Å². The van der Waals surface area contributed by atoms with Gasteiger partial charge in [0.1, 0.15) is 0 Å². The molecular formula is C6H14INO. The number of methoxy groups -OCH3 is 1. The first-order valence-corrected chi connectivity index (χ1v) is 4.63. The van der Waals surface area contributed by atoms with Gasteiger partial charge in [0, 0.05) is 24.6 Å². The predicted octanol–water partition coefficient (Wildman–Crippen LogP) is 1.05. The maximum absolute atomic E-state index is 5.03. The minimum absolute atomic E-state index is 0.341. The highest BCUT2D eigenvalue weighted by atomic mass is 127. The molecule has 3 heteroatoms. The van der Waals surface area contributed by atoms with Crippen LogP contribution in [0.25, 0.3) is 0 Å². The lowest BCUT2D eigenvalue weighted by molar-refractivity contribution is 0.118. The third kappa shape index (κ3) is 6.54. The SMILES string of the molecule is COC(C)CNCCI. The van der Waals surface area contributed by atoms with Crippen molar-refractivity contribution in [2.75, 3.05) is 24.6 Å². The Hall–Kier alpha value is 0.650. The molecule has 1 unspecified atom stereocenters. The Morgan fingerprint density at radius 3 is 2.78 bits per heavy atom. The zero-order chi connectivity index (χ0) is 7.11. The van der Waals surface area contributed by atoms with E-state index in [0.29, 0.717) is 6.10 Å². The summed E-state index contributed by atoms with van der Waals surface area (Å²) in [7, 11) is 1.73. The van der Waals surface area contributed by atoms with Gasteiger partial charge in [-0.15, -0.1) is 0 Å². The fraction of sp³-hybridized carbons (Fsp3) is 1.00. The molecule has 0 bridgehead atoms. The van der Waals surface area contributed by atoms with Gasteiger partial charge >= 0.3 is 0 Å². The fourth-order valence-electron chi connectivity index (χ4n) is 0.455. The van der Waals surface area contributed by atoms with Gasteiger partial charge in [0.05, 0.1) is 6.10 Å². The van der Waals surface area contributed by atoms with E-state index >= 15 is 0 Å². The summed E-state index contributed by atoms with van der Waals surface area (Å²) in [5.74, 6) is 0. The normalized spacial score (nSPS) is 13.7. The van der Waals surface area contributed by atoms with Crippen LogP contribution in [0.3, 0.4) is 0 Å². The molecule has 0 aromatic heterocycles. The van der Waals surface area contributed by atoms with Crippen molar-refractivity contribution in [2.45, 2.75) is 13.0 Å². The second-order valence-corrected chi connectivity index (χ2v) is 3.02. The molecule has 1 atom stereocenters. The molecule has 0 saturated heterocycles. The smallest absolute Gasteiger partial charge is 0.0667 e. The number of hydrogen-bond acceptors (Lipinski definition) is 2. The monoisotopic (exact) mass is 243 g/mol. The van der Waals surface area contributed by atoms with Crippen molar-refractivity contribution in [2.24, 2.45) is 0 Å². The molecule has 0 fully saturated rings. The minimum Gasteiger partial charge on any atom is -0.380 e. The predicted molar refractivity (Wildman–Crippen MR) is 48.2 cm³/mol. The third-order valence-corrected chi connectivity index (χ3v) is 1.64. The van der Waals surface area contributed by atoms with Crippen molar-refractivity contribution in [3.05, 3.63) is 0 Å². The number of alkyl halides is 1. The number of nitrogens with one attached hydrogen (secondary N) is 1. The van der Waals surface area contributed by atoms with E-state index in [2.05, 4.69) is 34.8 Å². The van der Waals surface area contributed by atoms with E-state index in [0.717, 1.165) is 17.5 Å². The lowest BCUT2D eigenvalue weighted by atomic mass is 10.4. The molecule has 56 valence electrons. The van der Waals surface area contributed by atoms with Crippen molar-refractivity contribution in [1.82, 2.24) is 5.32 Å². The maximum Gasteiger partial charge on any atom is 0.0667 e. The summed E-state index contributed by atoms with van der Waals surface area (Å²) in [5, 5.41) is 3.25. The molecule has 0 heterocycles. The zero-order valence-electron chi connectivity index (χ0n) is 5.98. The molecule has 2 nitrogen and oxygen atoms in total. The molecular weight excluding hydrogens is 229 g/mol. The first-order chi connectivity index (χ1) is 4.31. The summed E-state index contributed by atoms with van der Waals surface area (Å²) < 4.78 is 6.19. The second kappa shape index (κ2) is 6.77. The average Bonchev–Trinajstić information content (AvgIpc) is 1.89. The Morgan fingerprint density at radius 1 is 1.67 bits per heavy atom. The Kier molecular flexibility index (Phi) is 7.25. The van der Waals surface area contributed by atoms with Gasteiger partial charge in [-0.3, -0.25) is 0 Å². The molecule has 0 aromatic rings. The molecule has 0 aliphatic carbocycles. The van der Waals surface area contributed by atoms with Gasteiger partial charge in [-0.25, -0.2) is 0 Å². The molecule has 0 aliphatic rings. The summed E-state index contributed by atoms with van der Waals surface area (Å²) >= 11 is 2.34. The molecule has 0 spiro atoms. The van der Waals surface area contributed by atoms with Gasteiger partial charge in [0.2, 0.25) is 0 Å². The van der Waals surface area contributed by atoms with Gasteiger partial charge in [0.15, 0.2) is 0 Å². The first-order valence-electron chi connectivity index (χ1n) is 3.10. The van der Waals surface area contributed by atoms with E-state index < -0.39 is 0 Å². The van der Waals surface area contributed by atoms with Gasteiger partial charge in [-0.1, -0.05) is 22.6 Å². The number of ether oxygens (including phenoxy) is 1. The van der Waals surface area contributed by atoms with Crippen LogP contribution in [0.2, 0.25) is 0 Å². The van der Waals surface area contributed by atoms with Crippen LogP contribution in [0.4, 0.5) is 0 Å². The second-order valence-electron chi connectivity index (χ2n) is 1.94. The van der Waals surface area contributed by atoms with E-state index in [1.54, 1.807) is 7.11 Å². The first kappa shape index (κ1) is 9.65. The molecule has 1 N–H and O–H groups in total. The van der Waals surface area contributed by atoms with Crippen LogP contribution in [-0.4, -0.2) is 30.7 Å². The highest BCUT2D eigenvalue weighted by molar-refractivity contribution is 14.1. The molecule has 0 aromatic carbocycles. The van der Waals surface area contributed by atoms with E-state index in [9.17, 15) is 0 Å². The van der Waals surface area contributed by atoms with Crippen LogP contribution in [0.5, 0.6) is 0 Å². The van der Waals surface area contributed by atoms with Crippen LogP contribution in [0, 0.1) is 0 Å². The summed E-state index contributed by atoms with van der Waals surface area (Å²) in [4.78, 5) is 0. The van der Waals surface area contributed by atoms with Crippen molar-refractivity contribution in [1.29, 1.82) is 0 Å². The van der Waals surface area contributed by atoms with Crippen molar-refractivity contribution >= 4 is 22.6 Å². The summed E-state index contributed by atoms with van der Waals surface area (Å²) in [6.07, 6.45) is 0.341. The van der Waals surface area contributed by atoms with Gasteiger partial charge in [0.25, 0.3) is 0 Å². The van der Waals surface area contributed by atoms with E-state index in [4.69, 9.17) is 4.74 Å². The summed E-state index contributed by atoms with van der Waals surface area (Å²) in [6, 6.07) is 0. The lowest BCUT2D eigenvalue weighted by Crippen LogP contribution is -2.27. The topological polar surface area (TPSA) is 21.3 Å². The molecule has 0 saturated carbocycles. The van der Waals surface area contributed by atoms with Crippen LogP contribution < -0.4 is 5.32 Å². The molecule has 0 rings (SSSR count). The van der Waals surface area contributed by atoms with Crippen molar-refractivity contribution in [3.63, 3.8) is 0 Å². The average molecular weight is 243 g/mol. The summed E-state index contributed by atoms with van der Waals surface area (Å²) in [5.41, 5.74) is 0. The third-order valence-electron chi connectivity index (χ3n) is 1.11. The minimum atomic E-state index is 0.341. The fourth-order valence-corrected chi connectivity index (χ4v) is 0.837. The standard InChI is InChI=1S/C6H14INO/c1-6(9-2)5-8-4-3-7/h6,8H,3-5H2,1-2H3. The van der Waals surface area contributed by atoms with E-state index in [1.807, 2.05) is 0 Å². The molecule has 0 aliphatic heterocycles. The van der Waals surface area contributed by atoms with Crippen LogP contribution >= 0.6 is 22.6 Å². The van der Waals surface area contributed by atoms with Gasteiger partial charge in [-0.05, 0) is 6.92 Å². The molecule has 9 heavy (non-hydrogen) atoms. The maximum atomic E-state index is 5.03. The lowest BCUT2D eigenvalue weighted by Gasteiger charge is -2.08. The number of hydrogen-bond donors (Lipinski definition) is 1. The van der Waals surface area contributed by atoms with Crippen molar-refractivity contribution < 1.29 is 4.74 Å². The van der Waals surface area contributed by atoms with E-state index in [-0.39, 0.29) is 0 Å². The Labute approximate surface area is 70.5 Å². The number of rotatable bonds is 5. The highest BCUT2D eigenvalue weighted by Crippen LogP contribution is 1.83. The Bertz CT molecular complexity index is 61.0. The van der Waals surface area contributed by atoms with Crippen LogP contribution in [0.15, 0.2) is 0 Å². The Balaban J connectivity index is 2.88.